The van der Waals surface area contributed by atoms with Crippen LogP contribution in [0.5, 0.6) is 5.75 Å². The van der Waals surface area contributed by atoms with Gasteiger partial charge in [0.25, 0.3) is 0 Å². The molecule has 6 N–H and O–H groups in total. The number of nitrogens with zero attached hydrogens (tertiary/aromatic N) is 3. The number of rotatable bonds is 5. The lowest BCUT2D eigenvalue weighted by molar-refractivity contribution is 0.104. The third kappa shape index (κ3) is 2.19. The second kappa shape index (κ2) is 5.83. The predicted octanol–water partition coefficient (Wildman–Crippen LogP) is 0.678. The van der Waals surface area contributed by atoms with Crippen LogP contribution in [-0.4, -0.2) is 45.3 Å². The standard InChI is InChI=1S/C17H18N6O2/c18-3-5-21-10-1-2-11-15-14(10)17(25)9-7-20-8-12(24)13(9)16(15)22-23(11)6-4-19/h1-2,7-8,21,24H,3-6,18-19H2. The minimum absolute atomic E-state index is 0.0591. The Kier molecular flexibility index (Phi) is 3.63. The lowest BCUT2D eigenvalue weighted by Gasteiger charge is -2.18. The topological polar surface area (TPSA) is 132 Å². The van der Waals surface area contributed by atoms with Crippen molar-refractivity contribution in [3.8, 4) is 17.0 Å². The molecule has 0 aliphatic heterocycles. The van der Waals surface area contributed by atoms with E-state index in [1.165, 1.54) is 12.4 Å². The number of fused-ring (bicyclic) bond motifs is 2. The summed E-state index contributed by atoms with van der Waals surface area (Å²) in [5.41, 5.74) is 14.6. The monoisotopic (exact) mass is 338 g/mol. The van der Waals surface area contributed by atoms with E-state index in [0.717, 1.165) is 10.9 Å². The number of ketones is 1. The largest absolute Gasteiger partial charge is 0.506 e. The van der Waals surface area contributed by atoms with Gasteiger partial charge in [0.2, 0.25) is 0 Å². The van der Waals surface area contributed by atoms with Crippen molar-refractivity contribution in [2.45, 2.75) is 6.54 Å². The number of benzene rings is 1. The van der Waals surface area contributed by atoms with E-state index >= 15 is 0 Å². The fourth-order valence-electron chi connectivity index (χ4n) is 3.33. The van der Waals surface area contributed by atoms with Gasteiger partial charge >= 0.3 is 0 Å². The van der Waals surface area contributed by atoms with Gasteiger partial charge in [-0.1, -0.05) is 0 Å². The van der Waals surface area contributed by atoms with Crippen LogP contribution < -0.4 is 16.8 Å². The van der Waals surface area contributed by atoms with Gasteiger partial charge in [-0.3, -0.25) is 14.5 Å². The minimum atomic E-state index is -0.191. The highest BCUT2D eigenvalue weighted by Crippen LogP contribution is 2.44. The number of pyridine rings is 1. The van der Waals surface area contributed by atoms with Crippen LogP contribution in [0.2, 0.25) is 0 Å². The number of carbonyl (C=O) groups is 1. The molecule has 1 aromatic carbocycles. The Morgan fingerprint density at radius 3 is 2.76 bits per heavy atom. The van der Waals surface area contributed by atoms with Gasteiger partial charge in [0.05, 0.1) is 34.9 Å². The lowest BCUT2D eigenvalue weighted by Crippen LogP contribution is -2.17. The average Bonchev–Trinajstić information content (AvgIpc) is 2.97. The molecular formula is C17H18N6O2. The fraction of sp³-hybridized carbons (Fsp3) is 0.235. The normalized spacial score (nSPS) is 12.5. The van der Waals surface area contributed by atoms with Gasteiger partial charge in [0.15, 0.2) is 5.78 Å². The summed E-state index contributed by atoms with van der Waals surface area (Å²) < 4.78 is 1.77. The first-order chi connectivity index (χ1) is 12.2. The molecule has 0 atom stereocenters. The molecule has 8 nitrogen and oxygen atoms in total. The molecule has 0 saturated heterocycles. The van der Waals surface area contributed by atoms with Crippen LogP contribution in [0.3, 0.4) is 0 Å². The predicted molar refractivity (Wildman–Crippen MR) is 94.7 cm³/mol. The Labute approximate surface area is 143 Å². The molecule has 1 aliphatic rings. The van der Waals surface area contributed by atoms with E-state index < -0.39 is 0 Å². The van der Waals surface area contributed by atoms with Gasteiger partial charge < -0.3 is 21.9 Å². The number of aromatic hydroxyl groups is 1. The van der Waals surface area contributed by atoms with E-state index in [0.29, 0.717) is 54.3 Å². The highest BCUT2D eigenvalue weighted by atomic mass is 16.3. The van der Waals surface area contributed by atoms with Crippen molar-refractivity contribution in [1.82, 2.24) is 14.8 Å². The number of hydrogen-bond acceptors (Lipinski definition) is 7. The zero-order valence-electron chi connectivity index (χ0n) is 13.5. The van der Waals surface area contributed by atoms with Crippen LogP contribution in [0.25, 0.3) is 22.2 Å². The first-order valence-corrected chi connectivity index (χ1v) is 8.07. The second-order valence-corrected chi connectivity index (χ2v) is 5.87. The van der Waals surface area contributed by atoms with Crippen molar-refractivity contribution in [1.29, 1.82) is 0 Å². The first-order valence-electron chi connectivity index (χ1n) is 8.07. The van der Waals surface area contributed by atoms with Gasteiger partial charge in [-0.2, -0.15) is 5.10 Å². The maximum Gasteiger partial charge on any atom is 0.198 e. The molecule has 0 radical (unpaired) electrons. The SMILES string of the molecule is NCCNc1ccc2c3c(nn2CCN)-c2c(O)cncc2C(=O)c13. The van der Waals surface area contributed by atoms with Crippen molar-refractivity contribution >= 4 is 22.4 Å². The van der Waals surface area contributed by atoms with Crippen LogP contribution in [0.4, 0.5) is 5.69 Å². The van der Waals surface area contributed by atoms with Crippen LogP contribution in [0, 0.1) is 0 Å². The van der Waals surface area contributed by atoms with E-state index in [2.05, 4.69) is 15.4 Å². The average molecular weight is 338 g/mol. The van der Waals surface area contributed by atoms with E-state index in [-0.39, 0.29) is 11.5 Å². The Balaban J connectivity index is 2.08. The molecule has 2 heterocycles. The van der Waals surface area contributed by atoms with Crippen molar-refractivity contribution in [2.24, 2.45) is 11.5 Å². The highest BCUT2D eigenvalue weighted by molar-refractivity contribution is 6.28. The smallest absolute Gasteiger partial charge is 0.198 e. The van der Waals surface area contributed by atoms with Gasteiger partial charge in [0.1, 0.15) is 11.4 Å². The van der Waals surface area contributed by atoms with E-state index in [9.17, 15) is 9.90 Å². The number of aromatic nitrogens is 3. The molecular weight excluding hydrogens is 320 g/mol. The van der Waals surface area contributed by atoms with E-state index in [1.54, 1.807) is 4.68 Å². The number of nitrogens with one attached hydrogen (secondary N) is 1. The quantitative estimate of drug-likeness (QED) is 0.420. The first kappa shape index (κ1) is 15.6. The molecule has 8 heteroatoms. The van der Waals surface area contributed by atoms with Crippen molar-refractivity contribution in [3.63, 3.8) is 0 Å². The molecule has 1 aliphatic carbocycles. The molecule has 0 fully saturated rings. The molecule has 4 rings (SSSR count). The van der Waals surface area contributed by atoms with E-state index in [4.69, 9.17) is 11.5 Å². The summed E-state index contributed by atoms with van der Waals surface area (Å²) >= 11 is 0. The van der Waals surface area contributed by atoms with Gasteiger partial charge in [-0.15, -0.1) is 0 Å². The van der Waals surface area contributed by atoms with Crippen molar-refractivity contribution < 1.29 is 9.90 Å². The summed E-state index contributed by atoms with van der Waals surface area (Å²) in [4.78, 5) is 17.1. The summed E-state index contributed by atoms with van der Waals surface area (Å²) in [7, 11) is 0. The Morgan fingerprint density at radius 1 is 1.16 bits per heavy atom. The van der Waals surface area contributed by atoms with Crippen LogP contribution in [0.15, 0.2) is 24.5 Å². The van der Waals surface area contributed by atoms with Gasteiger partial charge in [-0.05, 0) is 12.1 Å². The maximum atomic E-state index is 13.1. The zero-order chi connectivity index (χ0) is 17.6. The number of hydrogen-bond donors (Lipinski definition) is 4. The Bertz CT molecular complexity index is 994. The number of anilines is 1. The van der Waals surface area contributed by atoms with Crippen molar-refractivity contribution in [3.05, 3.63) is 35.7 Å². The summed E-state index contributed by atoms with van der Waals surface area (Å²) in [6.07, 6.45) is 2.79. The van der Waals surface area contributed by atoms with Gasteiger partial charge in [0, 0.05) is 36.9 Å². The maximum absolute atomic E-state index is 13.1. The lowest BCUT2D eigenvalue weighted by atomic mass is 9.87. The molecule has 0 amide bonds. The zero-order valence-corrected chi connectivity index (χ0v) is 13.5. The van der Waals surface area contributed by atoms with Crippen LogP contribution in [-0.2, 0) is 6.54 Å². The molecule has 0 spiro atoms. The highest BCUT2D eigenvalue weighted by Gasteiger charge is 2.33. The summed E-state index contributed by atoms with van der Waals surface area (Å²) in [6, 6.07) is 3.76. The van der Waals surface area contributed by atoms with E-state index in [1.807, 2.05) is 12.1 Å². The molecule has 0 unspecified atom stereocenters. The molecule has 128 valence electrons. The Hall–Kier alpha value is -2.97. The molecule has 0 bridgehead atoms. The minimum Gasteiger partial charge on any atom is -0.506 e. The molecule has 2 aromatic heterocycles. The Morgan fingerprint density at radius 2 is 2.00 bits per heavy atom. The summed E-state index contributed by atoms with van der Waals surface area (Å²) in [5.74, 6) is -0.251. The third-order valence-corrected chi connectivity index (χ3v) is 4.35. The second-order valence-electron chi connectivity index (χ2n) is 5.87. The number of nitrogens with two attached hydrogens (primary N) is 2. The third-order valence-electron chi connectivity index (χ3n) is 4.35. The summed E-state index contributed by atoms with van der Waals surface area (Å²) in [5, 5.41) is 18.8. The molecule has 0 saturated carbocycles. The summed E-state index contributed by atoms with van der Waals surface area (Å²) in [6.45, 7) is 1.93. The fourth-order valence-corrected chi connectivity index (χ4v) is 3.33. The number of carbonyl (C=O) groups excluding carboxylic acids is 1. The molecule has 25 heavy (non-hydrogen) atoms. The van der Waals surface area contributed by atoms with Crippen LogP contribution >= 0.6 is 0 Å². The van der Waals surface area contributed by atoms with Crippen molar-refractivity contribution in [2.75, 3.05) is 25.0 Å². The molecule has 3 aromatic rings. The van der Waals surface area contributed by atoms with Crippen LogP contribution in [0.1, 0.15) is 15.9 Å². The van der Waals surface area contributed by atoms with Gasteiger partial charge in [-0.25, -0.2) is 0 Å².